The smallest absolute Gasteiger partial charge is 0.223 e. The first-order chi connectivity index (χ1) is 8.65. The van der Waals surface area contributed by atoms with Crippen LogP contribution in [0.1, 0.15) is 32.1 Å². The fourth-order valence-corrected chi connectivity index (χ4v) is 3.48. The van der Waals surface area contributed by atoms with Crippen molar-refractivity contribution in [2.45, 2.75) is 55.9 Å². The lowest BCUT2D eigenvalue weighted by atomic mass is 9.71. The maximum absolute atomic E-state index is 12.0. The highest BCUT2D eigenvalue weighted by atomic mass is 16.5. The van der Waals surface area contributed by atoms with Crippen LogP contribution in [0.15, 0.2) is 0 Å². The van der Waals surface area contributed by atoms with Crippen molar-refractivity contribution in [1.29, 1.82) is 0 Å². The molecule has 1 amide bonds. The molecule has 0 aromatic rings. The molecule has 0 spiro atoms. The highest BCUT2D eigenvalue weighted by Gasteiger charge is 2.53. The molecule has 18 heavy (non-hydrogen) atoms. The second-order valence-corrected chi connectivity index (χ2v) is 5.88. The molecule has 5 heteroatoms. The van der Waals surface area contributed by atoms with Gasteiger partial charge < -0.3 is 20.5 Å². The molecule has 3 fully saturated rings. The van der Waals surface area contributed by atoms with Gasteiger partial charge in [-0.05, 0) is 25.7 Å². The molecule has 0 radical (unpaired) electrons. The van der Waals surface area contributed by atoms with E-state index in [0.29, 0.717) is 12.3 Å². The quantitative estimate of drug-likeness (QED) is 0.750. The van der Waals surface area contributed by atoms with Gasteiger partial charge in [-0.1, -0.05) is 0 Å². The molecule has 102 valence electrons. The number of hydrogen-bond donors (Lipinski definition) is 2. The van der Waals surface area contributed by atoms with Gasteiger partial charge in [0, 0.05) is 25.7 Å². The van der Waals surface area contributed by atoms with Crippen molar-refractivity contribution < 1.29 is 14.3 Å². The Morgan fingerprint density at radius 2 is 2.33 bits per heavy atom. The van der Waals surface area contributed by atoms with E-state index in [1.165, 1.54) is 0 Å². The fourth-order valence-electron chi connectivity index (χ4n) is 3.48. The van der Waals surface area contributed by atoms with Crippen molar-refractivity contribution in [3.05, 3.63) is 0 Å². The van der Waals surface area contributed by atoms with Crippen LogP contribution in [-0.4, -0.2) is 43.4 Å². The van der Waals surface area contributed by atoms with Gasteiger partial charge in [-0.3, -0.25) is 4.79 Å². The third-order valence-corrected chi connectivity index (χ3v) is 4.95. The molecule has 1 aliphatic heterocycles. The topological polar surface area (TPSA) is 73.6 Å². The highest BCUT2D eigenvalue weighted by molar-refractivity contribution is 5.78. The summed E-state index contributed by atoms with van der Waals surface area (Å²) < 4.78 is 11.1. The average Bonchev–Trinajstić information content (AvgIpc) is 2.75. The Kier molecular flexibility index (Phi) is 3.08. The van der Waals surface area contributed by atoms with E-state index >= 15 is 0 Å². The molecule has 4 unspecified atom stereocenters. The molecule has 2 aliphatic carbocycles. The Hall–Kier alpha value is -0.650. The summed E-state index contributed by atoms with van der Waals surface area (Å²) in [6.07, 6.45) is 4.73. The van der Waals surface area contributed by atoms with Crippen molar-refractivity contribution in [1.82, 2.24) is 5.32 Å². The number of methoxy groups -OCH3 is 1. The van der Waals surface area contributed by atoms with E-state index in [1.54, 1.807) is 7.11 Å². The van der Waals surface area contributed by atoms with Crippen LogP contribution in [0.25, 0.3) is 0 Å². The number of nitrogens with two attached hydrogens (primary N) is 1. The molecule has 0 aromatic carbocycles. The summed E-state index contributed by atoms with van der Waals surface area (Å²) in [4.78, 5) is 12.0. The number of carbonyl (C=O) groups excluding carboxylic acids is 1. The molecule has 3 rings (SSSR count). The number of ether oxygens (including phenoxy) is 2. The van der Waals surface area contributed by atoms with Crippen molar-refractivity contribution in [2.75, 3.05) is 13.7 Å². The summed E-state index contributed by atoms with van der Waals surface area (Å²) in [6.45, 7) is 0.775. The third kappa shape index (κ3) is 1.85. The van der Waals surface area contributed by atoms with Gasteiger partial charge in [0.25, 0.3) is 0 Å². The molecular weight excluding hydrogens is 232 g/mol. The Morgan fingerprint density at radius 3 is 2.94 bits per heavy atom. The van der Waals surface area contributed by atoms with E-state index in [2.05, 4.69) is 5.32 Å². The lowest BCUT2D eigenvalue weighted by Crippen LogP contribution is -2.69. The first-order valence-corrected chi connectivity index (χ1v) is 6.87. The molecule has 5 nitrogen and oxygen atoms in total. The molecule has 1 saturated heterocycles. The van der Waals surface area contributed by atoms with E-state index in [0.717, 1.165) is 32.3 Å². The second-order valence-electron chi connectivity index (χ2n) is 5.88. The number of fused-ring (bicyclic) bond motifs is 1. The Bertz CT molecular complexity index is 338. The van der Waals surface area contributed by atoms with Gasteiger partial charge in [0.15, 0.2) is 0 Å². The summed E-state index contributed by atoms with van der Waals surface area (Å²) >= 11 is 0. The fraction of sp³-hybridized carbons (Fsp3) is 0.923. The number of hydrogen-bond acceptors (Lipinski definition) is 4. The molecule has 0 aromatic heterocycles. The zero-order chi connectivity index (χ0) is 12.8. The van der Waals surface area contributed by atoms with Crippen LogP contribution in [0.2, 0.25) is 0 Å². The SMILES string of the molecule is COC1(CC(=O)NC2C(N)C3CCOC32)CCC1. The highest BCUT2D eigenvalue weighted by Crippen LogP contribution is 2.40. The predicted octanol–water partition coefficient (Wildman–Crippen LogP) is 0.176. The van der Waals surface area contributed by atoms with E-state index in [4.69, 9.17) is 15.2 Å². The zero-order valence-electron chi connectivity index (χ0n) is 10.9. The minimum absolute atomic E-state index is 0.000942. The van der Waals surface area contributed by atoms with Crippen LogP contribution in [0.5, 0.6) is 0 Å². The average molecular weight is 254 g/mol. The van der Waals surface area contributed by atoms with E-state index < -0.39 is 0 Å². The van der Waals surface area contributed by atoms with Crippen LogP contribution in [0.4, 0.5) is 0 Å². The minimum atomic E-state index is -0.214. The van der Waals surface area contributed by atoms with Crippen molar-refractivity contribution in [3.63, 3.8) is 0 Å². The summed E-state index contributed by atoms with van der Waals surface area (Å²) in [6, 6.07) is 0.0559. The molecule has 2 saturated carbocycles. The Balaban J connectivity index is 1.52. The molecule has 3 N–H and O–H groups in total. The number of carbonyl (C=O) groups is 1. The van der Waals surface area contributed by atoms with Crippen molar-refractivity contribution >= 4 is 5.91 Å². The van der Waals surface area contributed by atoms with Crippen LogP contribution >= 0.6 is 0 Å². The maximum atomic E-state index is 12.0. The van der Waals surface area contributed by atoms with Gasteiger partial charge in [0.2, 0.25) is 5.91 Å². The minimum Gasteiger partial charge on any atom is -0.378 e. The molecule has 3 aliphatic rings. The Morgan fingerprint density at radius 1 is 1.56 bits per heavy atom. The molecule has 1 heterocycles. The van der Waals surface area contributed by atoms with Crippen LogP contribution < -0.4 is 11.1 Å². The van der Waals surface area contributed by atoms with Gasteiger partial charge in [0.05, 0.1) is 24.2 Å². The first kappa shape index (κ1) is 12.4. The van der Waals surface area contributed by atoms with Crippen LogP contribution in [-0.2, 0) is 14.3 Å². The zero-order valence-corrected chi connectivity index (χ0v) is 10.9. The first-order valence-electron chi connectivity index (χ1n) is 6.87. The van der Waals surface area contributed by atoms with E-state index in [-0.39, 0.29) is 29.7 Å². The van der Waals surface area contributed by atoms with Crippen molar-refractivity contribution in [2.24, 2.45) is 11.7 Å². The lowest BCUT2D eigenvalue weighted by molar-refractivity contribution is -0.138. The molecular formula is C13H22N2O3. The summed E-state index contributed by atoms with van der Waals surface area (Å²) in [5.41, 5.74) is 5.86. The largest absolute Gasteiger partial charge is 0.378 e. The molecule has 4 atom stereocenters. The Labute approximate surface area is 107 Å². The summed E-state index contributed by atoms with van der Waals surface area (Å²) in [5.74, 6) is 0.487. The van der Waals surface area contributed by atoms with Gasteiger partial charge in [-0.2, -0.15) is 0 Å². The van der Waals surface area contributed by atoms with Crippen molar-refractivity contribution in [3.8, 4) is 0 Å². The van der Waals surface area contributed by atoms with Gasteiger partial charge >= 0.3 is 0 Å². The standard InChI is InChI=1S/C13H22N2O3/c1-17-13(4-2-5-13)7-9(16)15-11-10(14)8-3-6-18-12(8)11/h8,10-12H,2-7,14H2,1H3,(H,15,16). The summed E-state index contributed by atoms with van der Waals surface area (Å²) in [5, 5.41) is 3.03. The maximum Gasteiger partial charge on any atom is 0.223 e. The monoisotopic (exact) mass is 254 g/mol. The van der Waals surface area contributed by atoms with E-state index in [9.17, 15) is 4.79 Å². The number of amides is 1. The molecule has 0 bridgehead atoms. The number of rotatable bonds is 4. The van der Waals surface area contributed by atoms with Gasteiger partial charge in [-0.15, -0.1) is 0 Å². The van der Waals surface area contributed by atoms with Gasteiger partial charge in [0.1, 0.15) is 0 Å². The van der Waals surface area contributed by atoms with E-state index in [1.807, 2.05) is 0 Å². The summed E-state index contributed by atoms with van der Waals surface area (Å²) in [7, 11) is 1.69. The third-order valence-electron chi connectivity index (χ3n) is 4.95. The number of nitrogens with one attached hydrogen (secondary N) is 1. The lowest BCUT2D eigenvalue weighted by Gasteiger charge is -2.46. The van der Waals surface area contributed by atoms with Crippen LogP contribution in [0.3, 0.4) is 0 Å². The second kappa shape index (κ2) is 4.47. The van der Waals surface area contributed by atoms with Gasteiger partial charge in [-0.25, -0.2) is 0 Å². The van der Waals surface area contributed by atoms with Crippen LogP contribution in [0, 0.1) is 5.92 Å². The predicted molar refractivity (Wildman–Crippen MR) is 66.0 cm³/mol. The normalized spacial score (nSPS) is 40.6.